The van der Waals surface area contributed by atoms with Crippen LogP contribution in [0.2, 0.25) is 0 Å². The standard InChI is InChI=1S/C16H34N2/c1-6-17-15(13-14-11-9-10-12-14)16(4,5)18(7-2)8-3/h14-15,17H,6-13H2,1-5H3. The van der Waals surface area contributed by atoms with E-state index in [1.807, 2.05) is 0 Å². The Labute approximate surface area is 115 Å². The van der Waals surface area contributed by atoms with E-state index >= 15 is 0 Å². The lowest BCUT2D eigenvalue weighted by Crippen LogP contribution is -2.58. The fourth-order valence-electron chi connectivity index (χ4n) is 3.71. The minimum absolute atomic E-state index is 0.266. The van der Waals surface area contributed by atoms with Crippen LogP contribution in [-0.4, -0.2) is 36.1 Å². The van der Waals surface area contributed by atoms with Gasteiger partial charge in [-0.2, -0.15) is 0 Å². The Hall–Kier alpha value is -0.0800. The summed E-state index contributed by atoms with van der Waals surface area (Å²) in [5, 5.41) is 3.76. The summed E-state index contributed by atoms with van der Waals surface area (Å²) in [6, 6.07) is 0.630. The van der Waals surface area contributed by atoms with Crippen LogP contribution in [0.3, 0.4) is 0 Å². The van der Waals surface area contributed by atoms with E-state index in [2.05, 4.69) is 44.8 Å². The van der Waals surface area contributed by atoms with E-state index in [1.54, 1.807) is 0 Å². The highest BCUT2D eigenvalue weighted by molar-refractivity contribution is 4.94. The molecule has 0 bridgehead atoms. The summed E-state index contributed by atoms with van der Waals surface area (Å²) in [5.74, 6) is 0.962. The topological polar surface area (TPSA) is 15.3 Å². The van der Waals surface area contributed by atoms with Crippen molar-refractivity contribution in [3.63, 3.8) is 0 Å². The average molecular weight is 254 g/mol. The monoisotopic (exact) mass is 254 g/mol. The molecular weight excluding hydrogens is 220 g/mol. The van der Waals surface area contributed by atoms with Crippen LogP contribution < -0.4 is 5.32 Å². The largest absolute Gasteiger partial charge is 0.312 e. The van der Waals surface area contributed by atoms with E-state index in [0.29, 0.717) is 6.04 Å². The average Bonchev–Trinajstić information content (AvgIpc) is 2.82. The molecule has 1 saturated carbocycles. The Morgan fingerprint density at radius 1 is 1.11 bits per heavy atom. The van der Waals surface area contributed by atoms with Crippen LogP contribution in [0.15, 0.2) is 0 Å². The zero-order valence-corrected chi connectivity index (χ0v) is 13.3. The summed E-state index contributed by atoms with van der Waals surface area (Å²) in [4.78, 5) is 2.61. The third-order valence-corrected chi connectivity index (χ3v) is 4.93. The second-order valence-electron chi connectivity index (χ2n) is 6.32. The lowest BCUT2D eigenvalue weighted by molar-refractivity contribution is 0.0808. The second-order valence-corrected chi connectivity index (χ2v) is 6.32. The Morgan fingerprint density at radius 2 is 1.67 bits per heavy atom. The van der Waals surface area contributed by atoms with Gasteiger partial charge in [-0.15, -0.1) is 0 Å². The van der Waals surface area contributed by atoms with Crippen molar-refractivity contribution in [3.05, 3.63) is 0 Å². The van der Waals surface area contributed by atoms with Crippen molar-refractivity contribution < 1.29 is 0 Å². The van der Waals surface area contributed by atoms with Gasteiger partial charge in [-0.3, -0.25) is 4.90 Å². The van der Waals surface area contributed by atoms with Crippen molar-refractivity contribution in [1.82, 2.24) is 10.2 Å². The SMILES string of the molecule is CCNC(CC1CCCC1)C(C)(C)N(CC)CC. The van der Waals surface area contributed by atoms with E-state index < -0.39 is 0 Å². The molecular formula is C16H34N2. The molecule has 0 amide bonds. The highest BCUT2D eigenvalue weighted by Gasteiger charge is 2.35. The third kappa shape index (κ3) is 3.96. The Morgan fingerprint density at radius 3 is 2.11 bits per heavy atom. The molecule has 0 aliphatic heterocycles. The van der Waals surface area contributed by atoms with Crippen molar-refractivity contribution in [2.75, 3.05) is 19.6 Å². The molecule has 2 heteroatoms. The zero-order chi connectivity index (χ0) is 13.6. The molecule has 1 aliphatic rings. The van der Waals surface area contributed by atoms with E-state index in [1.165, 1.54) is 32.1 Å². The second kappa shape index (κ2) is 7.49. The number of hydrogen-bond donors (Lipinski definition) is 1. The van der Waals surface area contributed by atoms with Crippen LogP contribution >= 0.6 is 0 Å². The molecule has 0 heterocycles. The molecule has 1 N–H and O–H groups in total. The predicted molar refractivity (Wildman–Crippen MR) is 81.0 cm³/mol. The minimum Gasteiger partial charge on any atom is -0.312 e. The van der Waals surface area contributed by atoms with Gasteiger partial charge in [0.15, 0.2) is 0 Å². The van der Waals surface area contributed by atoms with Crippen molar-refractivity contribution in [3.8, 4) is 0 Å². The normalized spacial score (nSPS) is 19.7. The van der Waals surface area contributed by atoms with Gasteiger partial charge in [0.1, 0.15) is 0 Å². The van der Waals surface area contributed by atoms with E-state index in [9.17, 15) is 0 Å². The van der Waals surface area contributed by atoms with Gasteiger partial charge in [-0.25, -0.2) is 0 Å². The molecule has 0 aromatic rings. The Balaban J connectivity index is 2.67. The molecule has 0 aromatic heterocycles. The van der Waals surface area contributed by atoms with Gasteiger partial charge in [0.2, 0.25) is 0 Å². The maximum absolute atomic E-state index is 3.76. The number of rotatable bonds is 8. The van der Waals surface area contributed by atoms with Crippen LogP contribution in [0.5, 0.6) is 0 Å². The van der Waals surface area contributed by atoms with E-state index in [-0.39, 0.29) is 5.54 Å². The van der Waals surface area contributed by atoms with Crippen LogP contribution in [0.4, 0.5) is 0 Å². The summed E-state index contributed by atoms with van der Waals surface area (Å²) >= 11 is 0. The summed E-state index contributed by atoms with van der Waals surface area (Å²) in [5.41, 5.74) is 0.266. The van der Waals surface area contributed by atoms with Crippen LogP contribution in [0, 0.1) is 5.92 Å². The molecule has 108 valence electrons. The molecule has 1 fully saturated rings. The van der Waals surface area contributed by atoms with Crippen LogP contribution in [-0.2, 0) is 0 Å². The van der Waals surface area contributed by atoms with Crippen LogP contribution in [0.1, 0.15) is 66.7 Å². The van der Waals surface area contributed by atoms with Gasteiger partial charge in [-0.1, -0.05) is 46.5 Å². The van der Waals surface area contributed by atoms with Crippen molar-refractivity contribution in [2.45, 2.75) is 78.3 Å². The molecule has 0 radical (unpaired) electrons. The summed E-state index contributed by atoms with van der Waals surface area (Å²) in [6.07, 6.45) is 7.17. The molecule has 1 unspecified atom stereocenters. The van der Waals surface area contributed by atoms with Crippen molar-refractivity contribution in [2.24, 2.45) is 5.92 Å². The fraction of sp³-hybridized carbons (Fsp3) is 1.00. The molecule has 18 heavy (non-hydrogen) atoms. The maximum atomic E-state index is 3.76. The molecule has 2 nitrogen and oxygen atoms in total. The first-order chi connectivity index (χ1) is 8.56. The van der Waals surface area contributed by atoms with Crippen molar-refractivity contribution >= 4 is 0 Å². The first kappa shape index (κ1) is 16.0. The molecule has 1 rings (SSSR count). The number of hydrogen-bond acceptors (Lipinski definition) is 2. The quantitative estimate of drug-likeness (QED) is 0.711. The Kier molecular flexibility index (Phi) is 6.65. The van der Waals surface area contributed by atoms with Gasteiger partial charge >= 0.3 is 0 Å². The lowest BCUT2D eigenvalue weighted by atomic mass is 9.84. The first-order valence-electron chi connectivity index (χ1n) is 8.04. The zero-order valence-electron chi connectivity index (χ0n) is 13.3. The maximum Gasteiger partial charge on any atom is 0.0306 e. The van der Waals surface area contributed by atoms with Crippen molar-refractivity contribution in [1.29, 1.82) is 0 Å². The summed E-state index contributed by atoms with van der Waals surface area (Å²) in [6.45, 7) is 15.0. The lowest BCUT2D eigenvalue weighted by Gasteiger charge is -2.44. The van der Waals surface area contributed by atoms with E-state index in [0.717, 1.165) is 25.6 Å². The predicted octanol–water partition coefficient (Wildman–Crippen LogP) is 3.67. The molecule has 0 saturated heterocycles. The molecule has 0 spiro atoms. The van der Waals surface area contributed by atoms with Gasteiger partial charge in [0.25, 0.3) is 0 Å². The smallest absolute Gasteiger partial charge is 0.0306 e. The summed E-state index contributed by atoms with van der Waals surface area (Å²) < 4.78 is 0. The molecule has 0 aromatic carbocycles. The van der Waals surface area contributed by atoms with Gasteiger partial charge in [0, 0.05) is 11.6 Å². The van der Waals surface area contributed by atoms with E-state index in [4.69, 9.17) is 0 Å². The Bertz CT molecular complexity index is 215. The van der Waals surface area contributed by atoms with Crippen LogP contribution in [0.25, 0.3) is 0 Å². The van der Waals surface area contributed by atoms with Gasteiger partial charge in [0.05, 0.1) is 0 Å². The summed E-state index contributed by atoms with van der Waals surface area (Å²) in [7, 11) is 0. The van der Waals surface area contributed by atoms with Gasteiger partial charge in [-0.05, 0) is 45.8 Å². The third-order valence-electron chi connectivity index (χ3n) is 4.93. The van der Waals surface area contributed by atoms with Gasteiger partial charge < -0.3 is 5.32 Å². The molecule has 1 aliphatic carbocycles. The number of likely N-dealkylation sites (N-methyl/N-ethyl adjacent to an activating group) is 2. The highest BCUT2D eigenvalue weighted by atomic mass is 15.2. The number of nitrogens with zero attached hydrogens (tertiary/aromatic N) is 1. The number of nitrogens with one attached hydrogen (secondary N) is 1. The first-order valence-corrected chi connectivity index (χ1v) is 8.04. The minimum atomic E-state index is 0.266. The highest BCUT2D eigenvalue weighted by Crippen LogP contribution is 2.32. The molecule has 1 atom stereocenters. The fourth-order valence-corrected chi connectivity index (χ4v) is 3.71.